The van der Waals surface area contributed by atoms with E-state index in [1.165, 1.54) is 49.9 Å². The monoisotopic (exact) mass is 488 g/mol. The number of hydrogen-bond acceptors (Lipinski definition) is 5. The number of thiophene rings is 1. The van der Waals surface area contributed by atoms with E-state index in [4.69, 9.17) is 4.74 Å². The first kappa shape index (κ1) is 24.8. The van der Waals surface area contributed by atoms with Gasteiger partial charge in [-0.05, 0) is 78.7 Å². The molecule has 0 aliphatic carbocycles. The van der Waals surface area contributed by atoms with Crippen LogP contribution >= 0.6 is 11.3 Å². The average molecular weight is 489 g/mol. The summed E-state index contributed by atoms with van der Waals surface area (Å²) in [4.78, 5) is 14.5. The fraction of sp³-hybridized carbons (Fsp3) is 0.300. The number of benzene rings is 3. The van der Waals surface area contributed by atoms with Crippen molar-refractivity contribution < 1.29 is 19.7 Å². The zero-order valence-corrected chi connectivity index (χ0v) is 20.9. The molecule has 3 aromatic carbocycles. The van der Waals surface area contributed by atoms with Crippen LogP contribution in [0.1, 0.15) is 67.8 Å². The van der Waals surface area contributed by atoms with Gasteiger partial charge in [0.2, 0.25) is 0 Å². The van der Waals surface area contributed by atoms with Gasteiger partial charge >= 0.3 is 0 Å². The van der Waals surface area contributed by atoms with Gasteiger partial charge in [-0.25, -0.2) is 0 Å². The topological polar surface area (TPSA) is 66.8 Å². The highest BCUT2D eigenvalue weighted by Crippen LogP contribution is 2.41. The molecule has 0 spiro atoms. The molecule has 0 saturated heterocycles. The molecule has 182 valence electrons. The Morgan fingerprint density at radius 2 is 1.46 bits per heavy atom. The number of hydrogen-bond donors (Lipinski definition) is 2. The summed E-state index contributed by atoms with van der Waals surface area (Å²) in [5.41, 5.74) is 2.04. The molecule has 1 aromatic heterocycles. The highest BCUT2D eigenvalue weighted by atomic mass is 32.1. The summed E-state index contributed by atoms with van der Waals surface area (Å²) >= 11 is 1.46. The maximum absolute atomic E-state index is 13.6. The lowest BCUT2D eigenvalue weighted by molar-refractivity contribution is 0.104. The van der Waals surface area contributed by atoms with Gasteiger partial charge in [-0.15, -0.1) is 11.3 Å². The second-order valence-electron chi connectivity index (χ2n) is 8.86. The van der Waals surface area contributed by atoms with Gasteiger partial charge in [0.25, 0.3) is 0 Å². The molecule has 0 aliphatic heterocycles. The Kier molecular flexibility index (Phi) is 8.43. The quantitative estimate of drug-likeness (QED) is 0.155. The molecule has 1 heterocycles. The van der Waals surface area contributed by atoms with E-state index in [9.17, 15) is 15.0 Å². The molecule has 0 unspecified atom stereocenters. The molecule has 0 fully saturated rings. The Balaban J connectivity index is 1.48. The minimum atomic E-state index is -0.0800. The Morgan fingerprint density at radius 3 is 2.17 bits per heavy atom. The Hall–Kier alpha value is -3.31. The molecule has 2 N–H and O–H groups in total. The predicted molar refractivity (Wildman–Crippen MR) is 144 cm³/mol. The lowest BCUT2D eigenvalue weighted by Gasteiger charge is -2.08. The van der Waals surface area contributed by atoms with E-state index >= 15 is 0 Å². The normalized spacial score (nSPS) is 11.1. The third-order valence-corrected chi connectivity index (χ3v) is 7.36. The molecule has 0 bridgehead atoms. The Labute approximate surface area is 210 Å². The van der Waals surface area contributed by atoms with Crippen molar-refractivity contribution in [3.05, 3.63) is 77.9 Å². The first-order chi connectivity index (χ1) is 17.1. The first-order valence-corrected chi connectivity index (χ1v) is 13.2. The molecular weight excluding hydrogens is 456 g/mol. The smallest absolute Gasteiger partial charge is 0.195 e. The number of ketones is 1. The van der Waals surface area contributed by atoms with Crippen molar-refractivity contribution >= 4 is 27.2 Å². The maximum Gasteiger partial charge on any atom is 0.195 e. The van der Waals surface area contributed by atoms with E-state index in [0.29, 0.717) is 17.7 Å². The molecule has 4 rings (SSSR count). The van der Waals surface area contributed by atoms with Gasteiger partial charge in [0.05, 0.1) is 6.61 Å². The summed E-state index contributed by atoms with van der Waals surface area (Å²) in [6.07, 6.45) is 8.69. The summed E-state index contributed by atoms with van der Waals surface area (Å²) in [5, 5.41) is 20.4. The van der Waals surface area contributed by atoms with Crippen LogP contribution in [0, 0.1) is 0 Å². The van der Waals surface area contributed by atoms with Crippen LogP contribution < -0.4 is 4.74 Å². The van der Waals surface area contributed by atoms with Crippen LogP contribution in [0.15, 0.2) is 66.7 Å². The lowest BCUT2D eigenvalue weighted by Crippen LogP contribution is -2.03. The summed E-state index contributed by atoms with van der Waals surface area (Å²) in [5.74, 6) is 1.03. The molecule has 5 heteroatoms. The number of unbranched alkanes of at least 4 members (excludes halogenated alkanes) is 6. The van der Waals surface area contributed by atoms with Gasteiger partial charge < -0.3 is 14.9 Å². The van der Waals surface area contributed by atoms with E-state index in [1.807, 2.05) is 24.3 Å². The fourth-order valence-corrected chi connectivity index (χ4v) is 5.46. The van der Waals surface area contributed by atoms with Crippen LogP contribution in [0.5, 0.6) is 17.2 Å². The van der Waals surface area contributed by atoms with Crippen LogP contribution in [0.2, 0.25) is 0 Å². The second-order valence-corrected chi connectivity index (χ2v) is 9.91. The molecule has 0 amide bonds. The molecule has 35 heavy (non-hydrogen) atoms. The van der Waals surface area contributed by atoms with Gasteiger partial charge in [0.1, 0.15) is 17.2 Å². The van der Waals surface area contributed by atoms with Crippen molar-refractivity contribution in [3.63, 3.8) is 0 Å². The molecule has 0 atom stereocenters. The van der Waals surface area contributed by atoms with Gasteiger partial charge in [-0.2, -0.15) is 0 Å². The molecule has 4 aromatic rings. The number of carbonyl (C=O) groups excluding carboxylic acids is 1. The van der Waals surface area contributed by atoms with Gasteiger partial charge in [-0.1, -0.05) is 45.4 Å². The third-order valence-electron chi connectivity index (χ3n) is 6.16. The maximum atomic E-state index is 13.6. The van der Waals surface area contributed by atoms with E-state index < -0.39 is 0 Å². The van der Waals surface area contributed by atoms with Gasteiger partial charge in [-0.3, -0.25) is 4.79 Å². The largest absolute Gasteiger partial charge is 0.508 e. The van der Waals surface area contributed by atoms with Crippen molar-refractivity contribution in [2.45, 2.75) is 51.9 Å². The Morgan fingerprint density at radius 1 is 0.800 bits per heavy atom. The standard InChI is InChI=1S/C30H32O4S/c1-2-3-4-5-6-7-8-19-34-25-16-11-21(12-17-25)29(33)28-26-18-15-24(32)20-27(26)35-30(28)22-9-13-23(31)14-10-22/h9-18,20,31-32H,2-8,19H2,1H3. The number of aromatic hydroxyl groups is 2. The lowest BCUT2D eigenvalue weighted by atomic mass is 9.97. The molecular formula is C30H32O4S. The zero-order chi connectivity index (χ0) is 24.6. The first-order valence-electron chi connectivity index (χ1n) is 12.4. The number of ether oxygens (including phenoxy) is 1. The number of fused-ring (bicyclic) bond motifs is 1. The summed E-state index contributed by atoms with van der Waals surface area (Å²) in [7, 11) is 0. The third kappa shape index (κ3) is 6.23. The Bertz CT molecular complexity index is 1260. The van der Waals surface area contributed by atoms with Crippen LogP contribution in [0.25, 0.3) is 20.5 Å². The fourth-order valence-electron chi connectivity index (χ4n) is 4.22. The second kappa shape index (κ2) is 11.9. The van der Waals surface area contributed by atoms with Gasteiger partial charge in [0, 0.05) is 26.1 Å². The number of phenols is 2. The number of rotatable bonds is 12. The molecule has 0 saturated carbocycles. The van der Waals surface area contributed by atoms with Gasteiger partial charge in [0.15, 0.2) is 5.78 Å². The van der Waals surface area contributed by atoms with Crippen LogP contribution in [0.4, 0.5) is 0 Å². The van der Waals surface area contributed by atoms with Crippen LogP contribution in [-0.4, -0.2) is 22.6 Å². The molecule has 4 nitrogen and oxygen atoms in total. The molecule has 0 radical (unpaired) electrons. The highest BCUT2D eigenvalue weighted by Gasteiger charge is 2.22. The minimum Gasteiger partial charge on any atom is -0.508 e. The summed E-state index contributed by atoms with van der Waals surface area (Å²) in [6, 6.07) is 19.2. The molecule has 0 aliphatic rings. The number of carbonyl (C=O) groups is 1. The zero-order valence-electron chi connectivity index (χ0n) is 20.1. The average Bonchev–Trinajstić information content (AvgIpc) is 3.24. The summed E-state index contributed by atoms with van der Waals surface area (Å²) in [6.45, 7) is 2.92. The summed E-state index contributed by atoms with van der Waals surface area (Å²) < 4.78 is 6.73. The van der Waals surface area contributed by atoms with Crippen molar-refractivity contribution in [3.8, 4) is 27.7 Å². The number of phenolic OH excluding ortho intramolecular Hbond substituents is 2. The van der Waals surface area contributed by atoms with Crippen LogP contribution in [0.3, 0.4) is 0 Å². The van der Waals surface area contributed by atoms with Crippen LogP contribution in [-0.2, 0) is 0 Å². The van der Waals surface area contributed by atoms with Crippen molar-refractivity contribution in [1.82, 2.24) is 0 Å². The van der Waals surface area contributed by atoms with Crippen molar-refractivity contribution in [1.29, 1.82) is 0 Å². The van der Waals surface area contributed by atoms with E-state index in [2.05, 4.69) is 6.92 Å². The highest BCUT2D eigenvalue weighted by molar-refractivity contribution is 7.22. The minimum absolute atomic E-state index is 0.0800. The van der Waals surface area contributed by atoms with E-state index in [1.54, 1.807) is 42.5 Å². The van der Waals surface area contributed by atoms with E-state index in [0.717, 1.165) is 32.7 Å². The SMILES string of the molecule is CCCCCCCCCOc1ccc(C(=O)c2c(-c3ccc(O)cc3)sc3cc(O)ccc23)cc1. The van der Waals surface area contributed by atoms with E-state index in [-0.39, 0.29) is 17.3 Å². The van der Waals surface area contributed by atoms with Crippen molar-refractivity contribution in [2.24, 2.45) is 0 Å². The van der Waals surface area contributed by atoms with Crippen molar-refractivity contribution in [2.75, 3.05) is 6.61 Å². The predicted octanol–water partition coefficient (Wildman–Crippen LogP) is 8.34.